The maximum absolute atomic E-state index is 12.4. The summed E-state index contributed by atoms with van der Waals surface area (Å²) in [7, 11) is 0. The first-order chi connectivity index (χ1) is 16.3. The molecule has 0 amide bonds. The molecule has 34 heavy (non-hydrogen) atoms. The molecule has 0 aliphatic heterocycles. The van der Waals surface area contributed by atoms with Gasteiger partial charge in [-0.3, -0.25) is 4.79 Å². The fourth-order valence-corrected chi connectivity index (χ4v) is 9.74. The molecule has 4 aliphatic carbocycles. The number of Topliss-reactive ketones (excluding diaryl/α,β-unsaturated/α-hetero) is 1. The van der Waals surface area contributed by atoms with Crippen LogP contribution >= 0.6 is 0 Å². The van der Waals surface area contributed by atoms with Crippen molar-refractivity contribution in [2.24, 2.45) is 28.6 Å². The lowest BCUT2D eigenvalue weighted by Crippen LogP contribution is -2.60. The molecule has 4 saturated carbocycles. The monoisotopic (exact) mass is 458 g/mol. The van der Waals surface area contributed by atoms with E-state index in [1.165, 1.54) is 43.2 Å². The lowest BCUT2D eigenvalue weighted by Gasteiger charge is -2.65. The Labute approximate surface area is 203 Å². The molecule has 4 aliphatic rings. The van der Waals surface area contributed by atoms with E-state index in [0.29, 0.717) is 41.0 Å². The molecule has 0 aromatic heterocycles. The lowest BCUT2D eigenvalue weighted by atomic mass is 9.39. The van der Waals surface area contributed by atoms with E-state index in [1.807, 2.05) is 24.3 Å². The number of benzene rings is 2. The molecule has 0 spiro atoms. The standard InChI is InChI=1S/C31H38O3/c1-29-16-13-25(34)19-22(29)7-12-28-27(29)14-17-30(2)26(20-3-8-23(32)9-4-20)15-18-31(28,30)21-5-10-24(33)11-6-21/h3-6,8-11,22,26-28,32-33H,7,12-19H2,1-2H3/t22?,26?,27-,28-,29+,30-,31-/m1/s1. The van der Waals surface area contributed by atoms with Gasteiger partial charge in [0.05, 0.1) is 0 Å². The number of rotatable bonds is 2. The Kier molecular flexibility index (Phi) is 4.96. The number of phenols is 2. The van der Waals surface area contributed by atoms with Gasteiger partial charge in [0.1, 0.15) is 17.3 Å². The number of hydrogen-bond donors (Lipinski definition) is 2. The van der Waals surface area contributed by atoms with Crippen LogP contribution in [0.1, 0.15) is 88.7 Å². The third-order valence-electron chi connectivity index (χ3n) is 11.4. The van der Waals surface area contributed by atoms with Crippen LogP contribution in [-0.4, -0.2) is 16.0 Å². The van der Waals surface area contributed by atoms with Crippen LogP contribution in [0, 0.1) is 28.6 Å². The quantitative estimate of drug-likeness (QED) is 0.504. The molecule has 6 rings (SSSR count). The second-order valence-electron chi connectivity index (χ2n) is 12.4. The summed E-state index contributed by atoms with van der Waals surface area (Å²) in [6.45, 7) is 5.06. The van der Waals surface area contributed by atoms with Crippen molar-refractivity contribution < 1.29 is 15.0 Å². The van der Waals surface area contributed by atoms with E-state index in [9.17, 15) is 15.0 Å². The highest BCUT2D eigenvalue weighted by atomic mass is 16.3. The predicted molar refractivity (Wildman–Crippen MR) is 134 cm³/mol. The number of carbonyl (C=O) groups is 1. The molecule has 0 radical (unpaired) electrons. The van der Waals surface area contributed by atoms with Crippen LogP contribution in [-0.2, 0) is 10.2 Å². The van der Waals surface area contributed by atoms with Gasteiger partial charge in [-0.25, -0.2) is 0 Å². The Morgan fingerprint density at radius 3 is 2.15 bits per heavy atom. The van der Waals surface area contributed by atoms with Crippen LogP contribution in [0.3, 0.4) is 0 Å². The van der Waals surface area contributed by atoms with Gasteiger partial charge in [0.2, 0.25) is 0 Å². The second-order valence-corrected chi connectivity index (χ2v) is 12.4. The summed E-state index contributed by atoms with van der Waals surface area (Å²) in [5.41, 5.74) is 3.20. The lowest BCUT2D eigenvalue weighted by molar-refractivity contribution is -0.142. The van der Waals surface area contributed by atoms with Gasteiger partial charge in [0, 0.05) is 18.3 Å². The second kappa shape index (κ2) is 7.60. The van der Waals surface area contributed by atoms with Crippen molar-refractivity contribution in [1.29, 1.82) is 0 Å². The zero-order chi connectivity index (χ0) is 23.7. The van der Waals surface area contributed by atoms with Crippen LogP contribution < -0.4 is 0 Å². The van der Waals surface area contributed by atoms with Gasteiger partial charge in [-0.1, -0.05) is 38.1 Å². The van der Waals surface area contributed by atoms with Gasteiger partial charge >= 0.3 is 0 Å². The fraction of sp³-hybridized carbons (Fsp3) is 0.581. The normalized spacial score (nSPS) is 41.4. The predicted octanol–water partition coefficient (Wildman–Crippen LogP) is 7.12. The third kappa shape index (κ3) is 2.91. The summed E-state index contributed by atoms with van der Waals surface area (Å²) in [6, 6.07) is 16.1. The van der Waals surface area contributed by atoms with E-state index in [1.54, 1.807) is 0 Å². The van der Waals surface area contributed by atoms with Gasteiger partial charge in [0.15, 0.2) is 0 Å². The van der Waals surface area contributed by atoms with Crippen molar-refractivity contribution in [2.75, 3.05) is 0 Å². The molecule has 180 valence electrons. The van der Waals surface area contributed by atoms with Crippen LogP contribution in [0.25, 0.3) is 0 Å². The largest absolute Gasteiger partial charge is 0.508 e. The van der Waals surface area contributed by atoms with Crippen molar-refractivity contribution in [3.8, 4) is 11.5 Å². The molecular weight excluding hydrogens is 420 g/mol. The van der Waals surface area contributed by atoms with Crippen LogP contribution in [0.4, 0.5) is 0 Å². The average molecular weight is 459 g/mol. The highest BCUT2D eigenvalue weighted by molar-refractivity contribution is 5.79. The molecule has 0 heterocycles. The van der Waals surface area contributed by atoms with E-state index in [4.69, 9.17) is 0 Å². The minimum atomic E-state index is 0.0710. The summed E-state index contributed by atoms with van der Waals surface area (Å²) >= 11 is 0. The smallest absolute Gasteiger partial charge is 0.133 e. The molecule has 3 heteroatoms. The Morgan fingerprint density at radius 2 is 1.44 bits per heavy atom. The molecule has 2 aromatic carbocycles. The van der Waals surface area contributed by atoms with Crippen LogP contribution in [0.15, 0.2) is 48.5 Å². The first kappa shape index (κ1) is 22.2. The van der Waals surface area contributed by atoms with Gasteiger partial charge in [0.25, 0.3) is 0 Å². The maximum atomic E-state index is 12.4. The van der Waals surface area contributed by atoms with E-state index in [2.05, 4.69) is 38.1 Å². The summed E-state index contributed by atoms with van der Waals surface area (Å²) in [5, 5.41) is 20.0. The molecule has 7 atom stereocenters. The topological polar surface area (TPSA) is 57.5 Å². The molecule has 2 aromatic rings. The minimum absolute atomic E-state index is 0.0710. The highest BCUT2D eigenvalue weighted by Crippen LogP contribution is 2.74. The number of fused-ring (bicyclic) bond motifs is 5. The number of phenolic OH excluding ortho intramolecular Hbond substituents is 2. The zero-order valence-corrected chi connectivity index (χ0v) is 20.6. The molecular formula is C31H38O3. The van der Waals surface area contributed by atoms with Crippen molar-refractivity contribution in [3.63, 3.8) is 0 Å². The Balaban J connectivity index is 1.48. The molecule has 2 N–H and O–H groups in total. The molecule has 0 bridgehead atoms. The highest BCUT2D eigenvalue weighted by Gasteiger charge is 2.68. The number of ketones is 1. The SMILES string of the molecule is C[C@]12CCC(=O)CC1CC[C@@H]1[C@H]2CC[C@]2(C)C(c3ccc(O)cc3)CC[C@@]12c1ccc(O)cc1. The summed E-state index contributed by atoms with van der Waals surface area (Å²) in [4.78, 5) is 12.4. The summed E-state index contributed by atoms with van der Waals surface area (Å²) in [6.07, 6.45) is 9.75. The summed E-state index contributed by atoms with van der Waals surface area (Å²) in [5.74, 6) is 3.41. The van der Waals surface area contributed by atoms with Gasteiger partial charge in [-0.15, -0.1) is 0 Å². The van der Waals surface area contributed by atoms with Crippen molar-refractivity contribution in [1.82, 2.24) is 0 Å². The van der Waals surface area contributed by atoms with Crippen LogP contribution in [0.5, 0.6) is 11.5 Å². The Hall–Kier alpha value is -2.29. The van der Waals surface area contributed by atoms with E-state index in [-0.39, 0.29) is 16.2 Å². The van der Waals surface area contributed by atoms with Gasteiger partial charge < -0.3 is 10.2 Å². The molecule has 2 unspecified atom stereocenters. The summed E-state index contributed by atoms with van der Waals surface area (Å²) < 4.78 is 0. The fourth-order valence-electron chi connectivity index (χ4n) is 9.74. The molecule has 4 fully saturated rings. The van der Waals surface area contributed by atoms with E-state index in [0.717, 1.165) is 25.7 Å². The Bertz CT molecular complexity index is 1090. The van der Waals surface area contributed by atoms with Gasteiger partial charge in [-0.05, 0) is 115 Å². The van der Waals surface area contributed by atoms with Crippen LogP contribution in [0.2, 0.25) is 0 Å². The van der Waals surface area contributed by atoms with Crippen molar-refractivity contribution >= 4 is 5.78 Å². The number of carbonyl (C=O) groups excluding carboxylic acids is 1. The van der Waals surface area contributed by atoms with Crippen molar-refractivity contribution in [3.05, 3.63) is 59.7 Å². The van der Waals surface area contributed by atoms with Gasteiger partial charge in [-0.2, -0.15) is 0 Å². The maximum Gasteiger partial charge on any atom is 0.133 e. The third-order valence-corrected chi connectivity index (χ3v) is 11.4. The van der Waals surface area contributed by atoms with Crippen molar-refractivity contribution in [2.45, 2.75) is 83.0 Å². The number of aromatic hydroxyl groups is 2. The first-order valence-corrected chi connectivity index (χ1v) is 13.4. The average Bonchev–Trinajstić information content (AvgIpc) is 3.14. The number of hydrogen-bond acceptors (Lipinski definition) is 3. The minimum Gasteiger partial charge on any atom is -0.508 e. The zero-order valence-electron chi connectivity index (χ0n) is 20.6. The molecule has 3 nitrogen and oxygen atoms in total. The first-order valence-electron chi connectivity index (χ1n) is 13.4. The molecule has 0 saturated heterocycles. The van der Waals surface area contributed by atoms with E-state index < -0.39 is 0 Å². The Morgan fingerprint density at radius 1 is 0.765 bits per heavy atom. The van der Waals surface area contributed by atoms with E-state index >= 15 is 0 Å².